The molecule has 18 heavy (non-hydrogen) atoms. The maximum absolute atomic E-state index is 11.5. The number of hydrogen-bond donors (Lipinski definition) is 0. The van der Waals surface area contributed by atoms with Gasteiger partial charge < -0.3 is 9.47 Å². The van der Waals surface area contributed by atoms with Crippen LogP contribution in [0.15, 0.2) is 30.3 Å². The predicted octanol–water partition coefficient (Wildman–Crippen LogP) is 2.58. The van der Waals surface area contributed by atoms with Crippen LogP contribution in [-0.4, -0.2) is 25.2 Å². The van der Waals surface area contributed by atoms with E-state index in [-0.39, 0.29) is 11.9 Å². The van der Waals surface area contributed by atoms with Crippen LogP contribution in [0.2, 0.25) is 0 Å². The summed E-state index contributed by atoms with van der Waals surface area (Å²) in [5.41, 5.74) is 0.567. The van der Waals surface area contributed by atoms with Crippen molar-refractivity contribution < 1.29 is 19.1 Å². The zero-order chi connectivity index (χ0) is 13.2. The standard InChI is InChI=1S/C14H18O4/c1-12(15)17-10-6-3-7-11-18-14(16)13-8-4-2-5-9-13/h2,4-5,8-9H,3,6-7,10-11H2,1H3. The van der Waals surface area contributed by atoms with Crippen molar-refractivity contribution in [3.63, 3.8) is 0 Å². The van der Waals surface area contributed by atoms with Gasteiger partial charge in [0.25, 0.3) is 0 Å². The molecule has 0 aliphatic heterocycles. The van der Waals surface area contributed by atoms with Crippen LogP contribution >= 0.6 is 0 Å². The van der Waals surface area contributed by atoms with E-state index in [2.05, 4.69) is 0 Å². The van der Waals surface area contributed by atoms with Gasteiger partial charge in [0.2, 0.25) is 0 Å². The van der Waals surface area contributed by atoms with Crippen LogP contribution in [0.1, 0.15) is 36.5 Å². The van der Waals surface area contributed by atoms with Crippen LogP contribution in [0.4, 0.5) is 0 Å². The Bertz CT molecular complexity index is 373. The molecule has 4 nitrogen and oxygen atoms in total. The van der Waals surface area contributed by atoms with Gasteiger partial charge >= 0.3 is 11.9 Å². The number of carbonyl (C=O) groups is 2. The predicted molar refractivity (Wildman–Crippen MR) is 67.2 cm³/mol. The zero-order valence-corrected chi connectivity index (χ0v) is 10.6. The quantitative estimate of drug-likeness (QED) is 0.551. The second-order valence-electron chi connectivity index (χ2n) is 3.90. The topological polar surface area (TPSA) is 52.6 Å². The number of hydrogen-bond acceptors (Lipinski definition) is 4. The summed E-state index contributed by atoms with van der Waals surface area (Å²) in [6.45, 7) is 2.22. The first-order chi connectivity index (χ1) is 8.70. The Labute approximate surface area is 107 Å². The molecule has 0 unspecified atom stereocenters. The van der Waals surface area contributed by atoms with Gasteiger partial charge in [0, 0.05) is 6.92 Å². The van der Waals surface area contributed by atoms with E-state index in [1.54, 1.807) is 24.3 Å². The van der Waals surface area contributed by atoms with Gasteiger partial charge in [0.05, 0.1) is 18.8 Å². The minimum absolute atomic E-state index is 0.259. The molecule has 1 rings (SSSR count). The number of benzene rings is 1. The van der Waals surface area contributed by atoms with Gasteiger partial charge in [-0.2, -0.15) is 0 Å². The molecule has 0 bridgehead atoms. The Morgan fingerprint density at radius 2 is 1.56 bits per heavy atom. The maximum atomic E-state index is 11.5. The summed E-state index contributed by atoms with van der Waals surface area (Å²) in [4.78, 5) is 22.0. The highest BCUT2D eigenvalue weighted by Crippen LogP contribution is 2.03. The van der Waals surface area contributed by atoms with Crippen LogP contribution in [0, 0.1) is 0 Å². The molecule has 0 amide bonds. The molecule has 0 saturated heterocycles. The molecule has 0 aliphatic rings. The molecule has 0 saturated carbocycles. The molecule has 4 heteroatoms. The summed E-state index contributed by atoms with van der Waals surface area (Å²) >= 11 is 0. The van der Waals surface area contributed by atoms with E-state index in [9.17, 15) is 9.59 Å². The Morgan fingerprint density at radius 1 is 0.944 bits per heavy atom. The molecule has 0 aromatic heterocycles. The van der Waals surface area contributed by atoms with Gasteiger partial charge in [-0.1, -0.05) is 18.2 Å². The normalized spacial score (nSPS) is 9.83. The molecule has 0 atom stereocenters. The van der Waals surface area contributed by atoms with E-state index < -0.39 is 0 Å². The van der Waals surface area contributed by atoms with Crippen molar-refractivity contribution in [2.75, 3.05) is 13.2 Å². The molecule has 0 fully saturated rings. The van der Waals surface area contributed by atoms with Gasteiger partial charge in [-0.3, -0.25) is 4.79 Å². The number of ether oxygens (including phenoxy) is 2. The maximum Gasteiger partial charge on any atom is 0.338 e. The van der Waals surface area contributed by atoms with Crippen molar-refractivity contribution >= 4 is 11.9 Å². The van der Waals surface area contributed by atoms with Crippen molar-refractivity contribution in [2.45, 2.75) is 26.2 Å². The average molecular weight is 250 g/mol. The largest absolute Gasteiger partial charge is 0.466 e. The lowest BCUT2D eigenvalue weighted by Gasteiger charge is -2.05. The number of unbranched alkanes of at least 4 members (excludes halogenated alkanes) is 2. The van der Waals surface area contributed by atoms with E-state index in [1.165, 1.54) is 6.92 Å². The second-order valence-corrected chi connectivity index (χ2v) is 3.90. The molecular weight excluding hydrogens is 232 g/mol. The lowest BCUT2D eigenvalue weighted by Crippen LogP contribution is -2.06. The molecule has 98 valence electrons. The summed E-state index contributed by atoms with van der Waals surface area (Å²) in [6, 6.07) is 8.91. The second kappa shape index (κ2) is 8.28. The number of carbonyl (C=O) groups excluding carboxylic acids is 2. The van der Waals surface area contributed by atoms with Crippen LogP contribution in [0.5, 0.6) is 0 Å². The fourth-order valence-corrected chi connectivity index (χ4v) is 1.42. The molecule has 1 aromatic carbocycles. The molecule has 1 aromatic rings. The average Bonchev–Trinajstić information content (AvgIpc) is 2.38. The number of rotatable bonds is 7. The Kier molecular flexibility index (Phi) is 6.54. The minimum atomic E-state index is -0.296. The summed E-state index contributed by atoms with van der Waals surface area (Å²) in [6.07, 6.45) is 2.44. The van der Waals surface area contributed by atoms with Gasteiger partial charge in [0.1, 0.15) is 0 Å². The van der Waals surface area contributed by atoms with E-state index in [0.29, 0.717) is 18.8 Å². The SMILES string of the molecule is CC(=O)OCCCCCOC(=O)c1ccccc1. The fourth-order valence-electron chi connectivity index (χ4n) is 1.42. The lowest BCUT2D eigenvalue weighted by molar-refractivity contribution is -0.141. The van der Waals surface area contributed by atoms with Crippen LogP contribution < -0.4 is 0 Å². The third-order valence-corrected chi connectivity index (χ3v) is 2.34. The summed E-state index contributed by atoms with van der Waals surface area (Å²) in [7, 11) is 0. The summed E-state index contributed by atoms with van der Waals surface area (Å²) in [5, 5.41) is 0. The van der Waals surface area contributed by atoms with Crippen LogP contribution in [0.25, 0.3) is 0 Å². The van der Waals surface area contributed by atoms with E-state index in [0.717, 1.165) is 19.3 Å². The molecule has 0 radical (unpaired) electrons. The Hall–Kier alpha value is -1.84. The Morgan fingerprint density at radius 3 is 2.17 bits per heavy atom. The summed E-state index contributed by atoms with van der Waals surface area (Å²) < 4.78 is 9.90. The molecule has 0 spiro atoms. The highest BCUT2D eigenvalue weighted by molar-refractivity contribution is 5.89. The molecule has 0 heterocycles. The monoisotopic (exact) mass is 250 g/mol. The van der Waals surface area contributed by atoms with Crippen molar-refractivity contribution in [3.05, 3.63) is 35.9 Å². The van der Waals surface area contributed by atoms with Crippen molar-refractivity contribution in [2.24, 2.45) is 0 Å². The molecule has 0 N–H and O–H groups in total. The van der Waals surface area contributed by atoms with Crippen molar-refractivity contribution in [1.29, 1.82) is 0 Å². The first-order valence-corrected chi connectivity index (χ1v) is 6.05. The van der Waals surface area contributed by atoms with Crippen LogP contribution in [0.3, 0.4) is 0 Å². The Balaban J connectivity index is 2.05. The highest BCUT2D eigenvalue weighted by Gasteiger charge is 2.04. The van der Waals surface area contributed by atoms with Crippen molar-refractivity contribution in [1.82, 2.24) is 0 Å². The first-order valence-electron chi connectivity index (χ1n) is 6.05. The minimum Gasteiger partial charge on any atom is -0.466 e. The third kappa shape index (κ3) is 6.03. The molecule has 0 aliphatic carbocycles. The van der Waals surface area contributed by atoms with E-state index in [4.69, 9.17) is 9.47 Å². The van der Waals surface area contributed by atoms with Gasteiger partial charge in [-0.15, -0.1) is 0 Å². The smallest absolute Gasteiger partial charge is 0.338 e. The summed E-state index contributed by atoms with van der Waals surface area (Å²) in [5.74, 6) is -0.555. The van der Waals surface area contributed by atoms with Crippen molar-refractivity contribution in [3.8, 4) is 0 Å². The fraction of sp³-hybridized carbons (Fsp3) is 0.429. The van der Waals surface area contributed by atoms with Gasteiger partial charge in [-0.25, -0.2) is 4.79 Å². The van der Waals surface area contributed by atoms with Gasteiger partial charge in [0.15, 0.2) is 0 Å². The van der Waals surface area contributed by atoms with Gasteiger partial charge in [-0.05, 0) is 31.4 Å². The zero-order valence-electron chi connectivity index (χ0n) is 10.6. The highest BCUT2D eigenvalue weighted by atomic mass is 16.5. The number of esters is 2. The third-order valence-electron chi connectivity index (χ3n) is 2.34. The first kappa shape index (κ1) is 14.2. The molecular formula is C14H18O4. The van der Waals surface area contributed by atoms with E-state index in [1.807, 2.05) is 6.07 Å². The van der Waals surface area contributed by atoms with E-state index >= 15 is 0 Å². The lowest BCUT2D eigenvalue weighted by atomic mass is 10.2. The van der Waals surface area contributed by atoms with Crippen LogP contribution in [-0.2, 0) is 14.3 Å².